The molecule has 1 aliphatic carbocycles. The van der Waals surface area contributed by atoms with Crippen LogP contribution in [0.5, 0.6) is 0 Å². The van der Waals surface area contributed by atoms with Crippen LogP contribution in [0.3, 0.4) is 0 Å². The highest BCUT2D eigenvalue weighted by Gasteiger charge is 2.27. The van der Waals surface area contributed by atoms with Crippen molar-refractivity contribution < 1.29 is 9.90 Å². The van der Waals surface area contributed by atoms with Gasteiger partial charge >= 0.3 is 0 Å². The fraction of sp³-hybridized carbons (Fsp3) is 0.444. The number of nitrogens with zero attached hydrogens (tertiary/aromatic N) is 1. The van der Waals surface area contributed by atoms with Gasteiger partial charge in [0.1, 0.15) is 0 Å². The van der Waals surface area contributed by atoms with Gasteiger partial charge in [0, 0.05) is 36.6 Å². The Morgan fingerprint density at radius 1 is 1.24 bits per heavy atom. The SMILES string of the molecule is Cl.Cl.O=C(NCC1CNCC1O)c1c2c(nc3ccccc13)CCC2. The van der Waals surface area contributed by atoms with Crippen LogP contribution in [0.1, 0.15) is 28.0 Å². The van der Waals surface area contributed by atoms with E-state index in [9.17, 15) is 9.90 Å². The summed E-state index contributed by atoms with van der Waals surface area (Å²) >= 11 is 0. The minimum Gasteiger partial charge on any atom is -0.391 e. The summed E-state index contributed by atoms with van der Waals surface area (Å²) in [5.41, 5.74) is 3.84. The number of carbonyl (C=O) groups excluding carboxylic acids is 1. The molecule has 2 heterocycles. The predicted molar refractivity (Wildman–Crippen MR) is 103 cm³/mol. The third-order valence-corrected chi connectivity index (χ3v) is 4.98. The van der Waals surface area contributed by atoms with Crippen LogP contribution < -0.4 is 10.6 Å². The lowest BCUT2D eigenvalue weighted by molar-refractivity contribution is 0.0928. The first-order chi connectivity index (χ1) is 11.2. The number of aromatic nitrogens is 1. The Bertz CT molecular complexity index is 769. The van der Waals surface area contributed by atoms with Crippen molar-refractivity contribution in [3.8, 4) is 0 Å². The summed E-state index contributed by atoms with van der Waals surface area (Å²) in [6.45, 7) is 1.85. The van der Waals surface area contributed by atoms with Gasteiger partial charge in [0.15, 0.2) is 0 Å². The normalized spacial score (nSPS) is 21.3. The van der Waals surface area contributed by atoms with Crippen LogP contribution in [-0.2, 0) is 12.8 Å². The van der Waals surface area contributed by atoms with E-state index < -0.39 is 0 Å². The third kappa shape index (κ3) is 3.75. The number of hydrogen-bond donors (Lipinski definition) is 3. The van der Waals surface area contributed by atoms with Gasteiger partial charge in [-0.3, -0.25) is 9.78 Å². The van der Waals surface area contributed by atoms with Gasteiger partial charge in [0.2, 0.25) is 0 Å². The number of benzene rings is 1. The molecule has 25 heavy (non-hydrogen) atoms. The van der Waals surface area contributed by atoms with Crippen molar-refractivity contribution in [1.82, 2.24) is 15.6 Å². The molecule has 4 rings (SSSR count). The molecule has 2 unspecified atom stereocenters. The van der Waals surface area contributed by atoms with E-state index in [2.05, 4.69) is 10.6 Å². The number of halogens is 2. The van der Waals surface area contributed by atoms with Crippen molar-refractivity contribution in [3.05, 3.63) is 41.1 Å². The van der Waals surface area contributed by atoms with Crippen molar-refractivity contribution >= 4 is 41.6 Å². The van der Waals surface area contributed by atoms with Gasteiger partial charge in [0.25, 0.3) is 5.91 Å². The van der Waals surface area contributed by atoms with E-state index in [1.807, 2.05) is 24.3 Å². The van der Waals surface area contributed by atoms with E-state index in [0.717, 1.165) is 53.5 Å². The van der Waals surface area contributed by atoms with Gasteiger partial charge < -0.3 is 15.7 Å². The molecule has 5 nitrogen and oxygen atoms in total. The second-order valence-electron chi connectivity index (χ2n) is 6.48. The Morgan fingerprint density at radius 2 is 2.04 bits per heavy atom. The van der Waals surface area contributed by atoms with Crippen molar-refractivity contribution in [2.24, 2.45) is 5.92 Å². The number of aliphatic hydroxyl groups is 1. The fourth-order valence-electron chi connectivity index (χ4n) is 3.71. The highest BCUT2D eigenvalue weighted by atomic mass is 35.5. The van der Waals surface area contributed by atoms with Gasteiger partial charge in [-0.15, -0.1) is 24.8 Å². The second-order valence-corrected chi connectivity index (χ2v) is 6.48. The molecule has 1 aliphatic heterocycles. The van der Waals surface area contributed by atoms with E-state index in [4.69, 9.17) is 4.98 Å². The topological polar surface area (TPSA) is 74.2 Å². The Labute approximate surface area is 159 Å². The molecule has 0 saturated carbocycles. The van der Waals surface area contributed by atoms with Crippen molar-refractivity contribution in [1.29, 1.82) is 0 Å². The van der Waals surface area contributed by atoms with Crippen LogP contribution in [0.2, 0.25) is 0 Å². The highest BCUT2D eigenvalue weighted by Crippen LogP contribution is 2.29. The molecule has 0 spiro atoms. The fourth-order valence-corrected chi connectivity index (χ4v) is 3.71. The van der Waals surface area contributed by atoms with Gasteiger partial charge in [-0.05, 0) is 30.9 Å². The zero-order valence-electron chi connectivity index (χ0n) is 13.8. The second kappa shape index (κ2) is 8.32. The van der Waals surface area contributed by atoms with Crippen LogP contribution >= 0.6 is 24.8 Å². The first-order valence-electron chi connectivity index (χ1n) is 8.31. The predicted octanol–water partition coefficient (Wildman–Crippen LogP) is 1.88. The standard InChI is InChI=1S/C18H21N3O2.2ClH/c22-16-10-19-8-11(16)9-20-18(23)17-12-4-1-2-6-14(12)21-15-7-3-5-13(15)17;;/h1-2,4,6,11,16,19,22H,3,5,7-10H2,(H,20,23);2*1H. The van der Waals surface area contributed by atoms with Crippen LogP contribution in [0.15, 0.2) is 24.3 Å². The summed E-state index contributed by atoms with van der Waals surface area (Å²) in [7, 11) is 0. The molecule has 0 bridgehead atoms. The number of nitrogens with one attached hydrogen (secondary N) is 2. The Hall–Kier alpha value is -1.40. The molecule has 1 aromatic carbocycles. The monoisotopic (exact) mass is 383 g/mol. The molecular formula is C18H23Cl2N3O2. The number of amides is 1. The van der Waals surface area contributed by atoms with E-state index in [-0.39, 0.29) is 42.7 Å². The maximum absolute atomic E-state index is 12.8. The lowest BCUT2D eigenvalue weighted by Gasteiger charge is -2.16. The molecule has 136 valence electrons. The van der Waals surface area contributed by atoms with E-state index in [0.29, 0.717) is 13.1 Å². The minimum atomic E-state index is -0.379. The summed E-state index contributed by atoms with van der Waals surface area (Å²) in [5.74, 6) is 0.0425. The van der Waals surface area contributed by atoms with Gasteiger partial charge in [-0.1, -0.05) is 18.2 Å². The quantitative estimate of drug-likeness (QED) is 0.756. The average Bonchev–Trinajstić information content (AvgIpc) is 3.18. The average molecular weight is 384 g/mol. The largest absolute Gasteiger partial charge is 0.391 e. The molecule has 1 amide bonds. The summed E-state index contributed by atoms with van der Waals surface area (Å²) in [6, 6.07) is 7.85. The molecule has 2 aliphatic rings. The molecule has 0 radical (unpaired) electrons. The number of aliphatic hydroxyl groups excluding tert-OH is 1. The number of β-amino-alcohol motifs (C(OH)–C–C–N with tert-alkyl or cyclic N) is 1. The lowest BCUT2D eigenvalue weighted by Crippen LogP contribution is -2.35. The van der Waals surface area contributed by atoms with Crippen molar-refractivity contribution in [2.45, 2.75) is 25.4 Å². The summed E-state index contributed by atoms with van der Waals surface area (Å²) < 4.78 is 0. The Balaban J connectivity index is 0.00000113. The van der Waals surface area contributed by atoms with Gasteiger partial charge in [0.05, 0.1) is 17.2 Å². The third-order valence-electron chi connectivity index (χ3n) is 4.98. The summed E-state index contributed by atoms with van der Waals surface area (Å²) in [6.07, 6.45) is 2.55. The van der Waals surface area contributed by atoms with Crippen LogP contribution in [0.25, 0.3) is 10.9 Å². The van der Waals surface area contributed by atoms with E-state index in [1.54, 1.807) is 0 Å². The molecular weight excluding hydrogens is 361 g/mol. The van der Waals surface area contributed by atoms with Crippen LogP contribution in [0.4, 0.5) is 0 Å². The number of carbonyl (C=O) groups is 1. The number of fused-ring (bicyclic) bond motifs is 2. The number of pyridine rings is 1. The maximum Gasteiger partial charge on any atom is 0.252 e. The van der Waals surface area contributed by atoms with Crippen molar-refractivity contribution in [3.63, 3.8) is 0 Å². The maximum atomic E-state index is 12.8. The summed E-state index contributed by atoms with van der Waals surface area (Å²) in [4.78, 5) is 17.6. The molecule has 2 aromatic rings. The van der Waals surface area contributed by atoms with E-state index in [1.165, 1.54) is 0 Å². The van der Waals surface area contributed by atoms with E-state index >= 15 is 0 Å². The Kier molecular flexibility index (Phi) is 6.63. The first kappa shape index (κ1) is 19.9. The van der Waals surface area contributed by atoms with Gasteiger partial charge in [-0.2, -0.15) is 0 Å². The number of rotatable bonds is 3. The van der Waals surface area contributed by atoms with Crippen LogP contribution in [0, 0.1) is 5.92 Å². The number of para-hydroxylation sites is 1. The molecule has 7 heteroatoms. The Morgan fingerprint density at radius 3 is 2.80 bits per heavy atom. The first-order valence-corrected chi connectivity index (χ1v) is 8.31. The zero-order chi connectivity index (χ0) is 15.8. The highest BCUT2D eigenvalue weighted by molar-refractivity contribution is 6.07. The summed E-state index contributed by atoms with van der Waals surface area (Å²) in [5, 5.41) is 17.0. The lowest BCUT2D eigenvalue weighted by atomic mass is 10.00. The zero-order valence-corrected chi connectivity index (χ0v) is 15.5. The van der Waals surface area contributed by atoms with Crippen LogP contribution in [-0.4, -0.2) is 41.7 Å². The minimum absolute atomic E-state index is 0. The molecule has 2 atom stereocenters. The molecule has 3 N–H and O–H groups in total. The molecule has 1 saturated heterocycles. The number of aryl methyl sites for hydroxylation is 1. The molecule has 1 aromatic heterocycles. The number of hydrogen-bond acceptors (Lipinski definition) is 4. The van der Waals surface area contributed by atoms with Crippen molar-refractivity contribution in [2.75, 3.05) is 19.6 Å². The van der Waals surface area contributed by atoms with Gasteiger partial charge in [-0.25, -0.2) is 0 Å². The smallest absolute Gasteiger partial charge is 0.252 e. The molecule has 1 fully saturated rings.